The first kappa shape index (κ1) is 21.1. The van der Waals surface area contributed by atoms with Crippen molar-refractivity contribution in [2.75, 3.05) is 5.75 Å². The Morgan fingerprint density at radius 3 is 2.38 bits per heavy atom. The highest BCUT2D eigenvalue weighted by molar-refractivity contribution is 7.91. The van der Waals surface area contributed by atoms with Crippen molar-refractivity contribution in [3.63, 3.8) is 0 Å². The first-order chi connectivity index (χ1) is 13.5. The van der Waals surface area contributed by atoms with Crippen LogP contribution in [-0.2, 0) is 16.9 Å². The number of imidazole rings is 1. The van der Waals surface area contributed by atoms with Crippen molar-refractivity contribution in [3.05, 3.63) is 47.7 Å². The lowest BCUT2D eigenvalue weighted by molar-refractivity contribution is -0.274. The van der Waals surface area contributed by atoms with Gasteiger partial charge in [-0.3, -0.25) is 4.98 Å². The first-order valence-corrected chi connectivity index (χ1v) is 10.3. The van der Waals surface area contributed by atoms with E-state index in [2.05, 4.69) is 14.7 Å². The lowest BCUT2D eigenvalue weighted by Gasteiger charge is -2.11. The third-order valence-electron chi connectivity index (χ3n) is 4.12. The highest BCUT2D eigenvalue weighted by atomic mass is 35.5. The predicted octanol–water partition coefficient (Wildman–Crippen LogP) is 4.49. The minimum absolute atomic E-state index is 0.0401. The average Bonchev–Trinajstić information content (AvgIpc) is 3.02. The fraction of sp³-hybridized carbons (Fsp3) is 0.222. The number of halogens is 4. The van der Waals surface area contributed by atoms with Gasteiger partial charge in [0.05, 0.1) is 27.6 Å². The second kappa shape index (κ2) is 7.68. The average molecular weight is 446 g/mol. The summed E-state index contributed by atoms with van der Waals surface area (Å²) in [7, 11) is -1.97. The van der Waals surface area contributed by atoms with Crippen molar-refractivity contribution in [1.82, 2.24) is 14.5 Å². The molecule has 0 aliphatic carbocycles. The molecule has 0 aliphatic heterocycles. The summed E-state index contributed by atoms with van der Waals surface area (Å²) in [5.41, 5.74) is 1.26. The number of pyridine rings is 1. The summed E-state index contributed by atoms with van der Waals surface area (Å²) in [5, 5.41) is 0.176. The van der Waals surface area contributed by atoms with Gasteiger partial charge in [-0.15, -0.1) is 13.2 Å². The Morgan fingerprint density at radius 1 is 1.14 bits per heavy atom. The molecule has 2 heterocycles. The third-order valence-corrected chi connectivity index (χ3v) is 6.07. The number of aromatic nitrogens is 3. The quantitative estimate of drug-likeness (QED) is 0.578. The molecule has 0 aliphatic rings. The van der Waals surface area contributed by atoms with E-state index in [1.54, 1.807) is 11.6 Å². The van der Waals surface area contributed by atoms with Crippen LogP contribution in [0.15, 0.2) is 47.6 Å². The molecule has 0 saturated heterocycles. The molecule has 3 rings (SSSR count). The summed E-state index contributed by atoms with van der Waals surface area (Å²) in [5.74, 6) is -0.210. The van der Waals surface area contributed by atoms with Crippen LogP contribution < -0.4 is 4.74 Å². The lowest BCUT2D eigenvalue weighted by atomic mass is 10.1. The van der Waals surface area contributed by atoms with Crippen molar-refractivity contribution in [2.45, 2.75) is 18.2 Å². The van der Waals surface area contributed by atoms with Crippen LogP contribution in [0.2, 0.25) is 5.02 Å². The van der Waals surface area contributed by atoms with Crippen LogP contribution in [0.4, 0.5) is 13.2 Å². The molecule has 0 radical (unpaired) electrons. The van der Waals surface area contributed by atoms with E-state index in [0.29, 0.717) is 11.3 Å². The van der Waals surface area contributed by atoms with E-state index in [0.717, 1.165) is 0 Å². The number of rotatable bonds is 5. The van der Waals surface area contributed by atoms with E-state index in [-0.39, 0.29) is 32.9 Å². The van der Waals surface area contributed by atoms with Crippen molar-refractivity contribution >= 4 is 21.4 Å². The summed E-state index contributed by atoms with van der Waals surface area (Å²) in [6.07, 6.45) is -1.97. The molecule has 154 valence electrons. The van der Waals surface area contributed by atoms with Crippen LogP contribution in [0.1, 0.15) is 6.92 Å². The Hall–Kier alpha value is -2.59. The zero-order chi connectivity index (χ0) is 21.4. The molecule has 0 atom stereocenters. The molecule has 0 spiro atoms. The number of benzene rings is 1. The number of nitrogens with zero attached hydrogens (tertiary/aromatic N) is 3. The van der Waals surface area contributed by atoms with Gasteiger partial charge in [0.25, 0.3) is 0 Å². The highest BCUT2D eigenvalue weighted by Gasteiger charge is 2.31. The Bertz CT molecular complexity index is 1140. The zero-order valence-corrected chi connectivity index (χ0v) is 16.8. The minimum atomic E-state index is -4.78. The molecular weight excluding hydrogens is 431 g/mol. The SMILES string of the molecule is CCS(=O)(=O)c1cc(Cl)cnc1-c1ncc(-c2ccc(OC(F)(F)F)cc2)n1C. The molecule has 2 aromatic heterocycles. The molecule has 6 nitrogen and oxygen atoms in total. The van der Waals surface area contributed by atoms with Gasteiger partial charge in [0, 0.05) is 18.8 Å². The standard InChI is InChI=1S/C18H15ClF3N3O3S/c1-3-29(26,27)15-8-12(19)9-23-16(15)17-24-10-14(25(17)2)11-4-6-13(7-5-11)28-18(20,21)22/h4-10H,3H2,1-2H3. The summed E-state index contributed by atoms with van der Waals surface area (Å²) >= 11 is 5.92. The smallest absolute Gasteiger partial charge is 0.406 e. The molecular formula is C18H15ClF3N3O3S. The fourth-order valence-electron chi connectivity index (χ4n) is 2.71. The molecule has 1 aromatic carbocycles. The number of hydrogen-bond donors (Lipinski definition) is 0. The van der Waals surface area contributed by atoms with Gasteiger partial charge in [0.1, 0.15) is 11.4 Å². The first-order valence-electron chi connectivity index (χ1n) is 8.28. The van der Waals surface area contributed by atoms with E-state index in [4.69, 9.17) is 11.6 Å². The van der Waals surface area contributed by atoms with Crippen LogP contribution in [0, 0.1) is 0 Å². The zero-order valence-electron chi connectivity index (χ0n) is 15.2. The second-order valence-electron chi connectivity index (χ2n) is 6.00. The predicted molar refractivity (Wildman–Crippen MR) is 101 cm³/mol. The molecule has 3 aromatic rings. The normalized spacial score (nSPS) is 12.2. The van der Waals surface area contributed by atoms with Crippen LogP contribution in [0.3, 0.4) is 0 Å². The minimum Gasteiger partial charge on any atom is -0.406 e. The van der Waals surface area contributed by atoms with E-state index >= 15 is 0 Å². The van der Waals surface area contributed by atoms with Crippen molar-refractivity contribution in [3.8, 4) is 28.5 Å². The Labute approximate surface area is 169 Å². The maximum absolute atomic E-state index is 12.4. The third kappa shape index (κ3) is 4.54. The molecule has 0 unspecified atom stereocenters. The van der Waals surface area contributed by atoms with Gasteiger partial charge < -0.3 is 9.30 Å². The second-order valence-corrected chi connectivity index (χ2v) is 8.69. The van der Waals surface area contributed by atoms with E-state index < -0.39 is 16.2 Å². The molecule has 0 N–H and O–H groups in total. The lowest BCUT2D eigenvalue weighted by Crippen LogP contribution is -2.16. The summed E-state index contributed by atoms with van der Waals surface area (Å²) in [4.78, 5) is 8.37. The van der Waals surface area contributed by atoms with Crippen LogP contribution in [-0.4, -0.2) is 35.1 Å². The summed E-state index contributed by atoms with van der Waals surface area (Å²) in [6, 6.07) is 6.58. The summed E-state index contributed by atoms with van der Waals surface area (Å²) in [6.45, 7) is 1.51. The fourth-order valence-corrected chi connectivity index (χ4v) is 3.99. The number of ether oxygens (including phenoxy) is 1. The van der Waals surface area contributed by atoms with Gasteiger partial charge in [-0.1, -0.05) is 18.5 Å². The van der Waals surface area contributed by atoms with E-state index in [1.165, 1.54) is 49.6 Å². The van der Waals surface area contributed by atoms with Gasteiger partial charge in [0.2, 0.25) is 0 Å². The molecule has 0 bridgehead atoms. The maximum Gasteiger partial charge on any atom is 0.573 e. The topological polar surface area (TPSA) is 74.1 Å². The molecule has 0 fully saturated rings. The van der Waals surface area contributed by atoms with Gasteiger partial charge >= 0.3 is 6.36 Å². The number of hydrogen-bond acceptors (Lipinski definition) is 5. The Kier molecular flexibility index (Phi) is 5.59. The molecule has 0 saturated carbocycles. The van der Waals surface area contributed by atoms with Crippen LogP contribution in [0.25, 0.3) is 22.8 Å². The largest absolute Gasteiger partial charge is 0.573 e. The molecule has 29 heavy (non-hydrogen) atoms. The van der Waals surface area contributed by atoms with E-state index in [1.807, 2.05) is 0 Å². The van der Waals surface area contributed by atoms with Crippen molar-refractivity contribution in [2.24, 2.45) is 7.05 Å². The number of sulfone groups is 1. The van der Waals surface area contributed by atoms with Gasteiger partial charge in [-0.25, -0.2) is 13.4 Å². The van der Waals surface area contributed by atoms with Crippen LogP contribution in [0.5, 0.6) is 5.75 Å². The van der Waals surface area contributed by atoms with Gasteiger partial charge in [0.15, 0.2) is 15.7 Å². The molecule has 11 heteroatoms. The van der Waals surface area contributed by atoms with Crippen molar-refractivity contribution < 1.29 is 26.3 Å². The van der Waals surface area contributed by atoms with Crippen molar-refractivity contribution in [1.29, 1.82) is 0 Å². The Morgan fingerprint density at radius 2 is 1.79 bits per heavy atom. The monoisotopic (exact) mass is 445 g/mol. The van der Waals surface area contributed by atoms with E-state index in [9.17, 15) is 21.6 Å². The Balaban J connectivity index is 2.03. The number of alkyl halides is 3. The maximum atomic E-state index is 12.4. The molecule has 0 amide bonds. The van der Waals surface area contributed by atoms with Gasteiger partial charge in [-0.2, -0.15) is 0 Å². The van der Waals surface area contributed by atoms with Gasteiger partial charge in [-0.05, 0) is 30.3 Å². The van der Waals surface area contributed by atoms with Crippen LogP contribution >= 0.6 is 11.6 Å². The highest BCUT2D eigenvalue weighted by Crippen LogP contribution is 2.31. The summed E-state index contributed by atoms with van der Waals surface area (Å²) < 4.78 is 67.3.